The number of anilines is 1. The van der Waals surface area contributed by atoms with Crippen LogP contribution in [0.1, 0.15) is 26.7 Å². The van der Waals surface area contributed by atoms with E-state index in [0.717, 1.165) is 12.1 Å². The third-order valence-electron chi connectivity index (χ3n) is 3.93. The van der Waals surface area contributed by atoms with Crippen molar-refractivity contribution in [2.45, 2.75) is 32.8 Å². The summed E-state index contributed by atoms with van der Waals surface area (Å²) in [6.07, 6.45) is 1.21. The molecule has 0 radical (unpaired) electrons. The van der Waals surface area contributed by atoms with E-state index in [9.17, 15) is 9.59 Å². The molecule has 6 nitrogen and oxygen atoms in total. The van der Waals surface area contributed by atoms with Gasteiger partial charge in [-0.15, -0.1) is 0 Å². The largest absolute Gasteiger partial charge is 0.497 e. The van der Waals surface area contributed by atoms with Crippen molar-refractivity contribution in [1.29, 1.82) is 0 Å². The predicted molar refractivity (Wildman–Crippen MR) is 92.2 cm³/mol. The molecule has 1 aromatic rings. The SMILES string of the molecule is COc1cccc(N2CC(C(=O)NCCCOC(C)C)CC2=O)c1. The van der Waals surface area contributed by atoms with E-state index in [1.54, 1.807) is 18.1 Å². The number of ether oxygens (including phenoxy) is 2. The van der Waals surface area contributed by atoms with Gasteiger partial charge in [-0.1, -0.05) is 6.07 Å². The van der Waals surface area contributed by atoms with E-state index in [4.69, 9.17) is 9.47 Å². The number of nitrogens with one attached hydrogen (secondary N) is 1. The molecule has 132 valence electrons. The minimum atomic E-state index is -0.310. The van der Waals surface area contributed by atoms with Gasteiger partial charge >= 0.3 is 0 Å². The van der Waals surface area contributed by atoms with Crippen molar-refractivity contribution in [3.05, 3.63) is 24.3 Å². The first kappa shape index (κ1) is 18.3. The zero-order chi connectivity index (χ0) is 17.5. The zero-order valence-corrected chi connectivity index (χ0v) is 14.6. The van der Waals surface area contributed by atoms with Crippen LogP contribution in [0.4, 0.5) is 5.69 Å². The van der Waals surface area contributed by atoms with Crippen LogP contribution in [-0.4, -0.2) is 44.7 Å². The molecule has 1 fully saturated rings. The quantitative estimate of drug-likeness (QED) is 0.738. The number of hydrogen-bond donors (Lipinski definition) is 1. The monoisotopic (exact) mass is 334 g/mol. The summed E-state index contributed by atoms with van der Waals surface area (Å²) in [5.41, 5.74) is 0.764. The van der Waals surface area contributed by atoms with Crippen molar-refractivity contribution in [2.24, 2.45) is 5.92 Å². The molecule has 0 aliphatic carbocycles. The Morgan fingerprint density at radius 2 is 2.21 bits per heavy atom. The molecule has 0 spiro atoms. The van der Waals surface area contributed by atoms with Gasteiger partial charge in [0.25, 0.3) is 0 Å². The first-order valence-corrected chi connectivity index (χ1v) is 8.35. The first-order chi connectivity index (χ1) is 11.5. The van der Waals surface area contributed by atoms with Gasteiger partial charge in [0, 0.05) is 37.9 Å². The van der Waals surface area contributed by atoms with E-state index >= 15 is 0 Å². The van der Waals surface area contributed by atoms with Crippen LogP contribution in [0.25, 0.3) is 0 Å². The fourth-order valence-electron chi connectivity index (χ4n) is 2.66. The molecule has 1 saturated heterocycles. The first-order valence-electron chi connectivity index (χ1n) is 8.35. The summed E-state index contributed by atoms with van der Waals surface area (Å²) in [6.45, 7) is 5.55. The highest BCUT2D eigenvalue weighted by molar-refractivity contribution is 6.00. The van der Waals surface area contributed by atoms with Crippen molar-refractivity contribution in [3.63, 3.8) is 0 Å². The third-order valence-corrected chi connectivity index (χ3v) is 3.93. The van der Waals surface area contributed by atoms with Gasteiger partial charge in [0.1, 0.15) is 5.75 Å². The Bertz CT molecular complexity index is 574. The minimum Gasteiger partial charge on any atom is -0.497 e. The molecule has 1 aliphatic rings. The third kappa shape index (κ3) is 4.96. The number of nitrogens with zero attached hydrogens (tertiary/aromatic N) is 1. The maximum Gasteiger partial charge on any atom is 0.227 e. The molecule has 2 rings (SSSR count). The number of rotatable bonds is 8. The molecule has 1 aliphatic heterocycles. The van der Waals surface area contributed by atoms with Gasteiger partial charge in [-0.2, -0.15) is 0 Å². The highest BCUT2D eigenvalue weighted by atomic mass is 16.5. The summed E-state index contributed by atoms with van der Waals surface area (Å²) in [6, 6.07) is 7.32. The van der Waals surface area contributed by atoms with Gasteiger partial charge in [0.15, 0.2) is 0 Å². The summed E-state index contributed by atoms with van der Waals surface area (Å²) in [4.78, 5) is 26.1. The average Bonchev–Trinajstić information content (AvgIpc) is 2.96. The summed E-state index contributed by atoms with van der Waals surface area (Å²) in [7, 11) is 1.59. The molecule has 1 unspecified atom stereocenters. The zero-order valence-electron chi connectivity index (χ0n) is 14.6. The number of benzene rings is 1. The van der Waals surface area contributed by atoms with E-state index in [-0.39, 0.29) is 30.3 Å². The molecular weight excluding hydrogens is 308 g/mol. The molecule has 6 heteroatoms. The maximum atomic E-state index is 12.2. The topological polar surface area (TPSA) is 67.9 Å². The van der Waals surface area contributed by atoms with Crippen molar-refractivity contribution in [2.75, 3.05) is 31.7 Å². The van der Waals surface area contributed by atoms with Gasteiger partial charge in [-0.05, 0) is 32.4 Å². The van der Waals surface area contributed by atoms with Crippen molar-refractivity contribution in [3.8, 4) is 5.75 Å². The van der Waals surface area contributed by atoms with Crippen LogP contribution in [0.2, 0.25) is 0 Å². The molecule has 0 saturated carbocycles. The standard InChI is InChI=1S/C18H26N2O4/c1-13(2)24-9-5-8-19-18(22)14-10-17(21)20(12-14)15-6-4-7-16(11-15)23-3/h4,6-7,11,13-14H,5,8-10,12H2,1-3H3,(H,19,22). The fraction of sp³-hybridized carbons (Fsp3) is 0.556. The lowest BCUT2D eigenvalue weighted by molar-refractivity contribution is -0.126. The van der Waals surface area contributed by atoms with Gasteiger partial charge in [-0.25, -0.2) is 0 Å². The Morgan fingerprint density at radius 3 is 2.92 bits per heavy atom. The van der Waals surface area contributed by atoms with Gasteiger partial charge < -0.3 is 19.7 Å². The number of methoxy groups -OCH3 is 1. The molecule has 1 N–H and O–H groups in total. The Morgan fingerprint density at radius 1 is 1.42 bits per heavy atom. The lowest BCUT2D eigenvalue weighted by atomic mass is 10.1. The van der Waals surface area contributed by atoms with Gasteiger partial charge in [0.05, 0.1) is 19.1 Å². The molecular formula is C18H26N2O4. The van der Waals surface area contributed by atoms with E-state index < -0.39 is 0 Å². The number of carbonyl (C=O) groups is 2. The van der Waals surface area contributed by atoms with Crippen molar-refractivity contribution in [1.82, 2.24) is 5.32 Å². The second-order valence-electron chi connectivity index (χ2n) is 6.17. The number of amides is 2. The van der Waals surface area contributed by atoms with Crippen LogP contribution in [0.15, 0.2) is 24.3 Å². The van der Waals surface area contributed by atoms with E-state index in [2.05, 4.69) is 5.32 Å². The van der Waals surface area contributed by atoms with Crippen LogP contribution in [0.3, 0.4) is 0 Å². The highest BCUT2D eigenvalue weighted by Crippen LogP contribution is 2.27. The second-order valence-corrected chi connectivity index (χ2v) is 6.17. The van der Waals surface area contributed by atoms with Crippen LogP contribution in [-0.2, 0) is 14.3 Å². The molecule has 2 amide bonds. The lowest BCUT2D eigenvalue weighted by Gasteiger charge is -2.17. The maximum absolute atomic E-state index is 12.2. The number of carbonyl (C=O) groups excluding carboxylic acids is 2. The van der Waals surface area contributed by atoms with E-state index in [1.165, 1.54) is 0 Å². The number of hydrogen-bond acceptors (Lipinski definition) is 4. The minimum absolute atomic E-state index is 0.0356. The Balaban J connectivity index is 1.83. The van der Waals surface area contributed by atoms with Gasteiger partial charge in [-0.3, -0.25) is 9.59 Å². The normalized spacial score (nSPS) is 17.4. The fourth-order valence-corrected chi connectivity index (χ4v) is 2.66. The molecule has 0 bridgehead atoms. The van der Waals surface area contributed by atoms with Crippen LogP contribution >= 0.6 is 0 Å². The molecule has 1 heterocycles. The summed E-state index contributed by atoms with van der Waals surface area (Å²) in [5.74, 6) is 0.276. The molecule has 1 atom stereocenters. The lowest BCUT2D eigenvalue weighted by Crippen LogP contribution is -2.34. The van der Waals surface area contributed by atoms with Crippen LogP contribution in [0.5, 0.6) is 5.75 Å². The Kier molecular flexibility index (Phi) is 6.61. The van der Waals surface area contributed by atoms with E-state index in [1.807, 2.05) is 32.0 Å². The summed E-state index contributed by atoms with van der Waals surface area (Å²) < 4.78 is 10.6. The van der Waals surface area contributed by atoms with Crippen molar-refractivity contribution >= 4 is 17.5 Å². The van der Waals surface area contributed by atoms with E-state index in [0.29, 0.717) is 25.4 Å². The second kappa shape index (κ2) is 8.68. The average molecular weight is 334 g/mol. The molecule has 0 aromatic heterocycles. The highest BCUT2D eigenvalue weighted by Gasteiger charge is 2.35. The smallest absolute Gasteiger partial charge is 0.227 e. The van der Waals surface area contributed by atoms with Crippen LogP contribution in [0, 0.1) is 5.92 Å². The molecule has 24 heavy (non-hydrogen) atoms. The van der Waals surface area contributed by atoms with Crippen LogP contribution < -0.4 is 15.0 Å². The summed E-state index contributed by atoms with van der Waals surface area (Å²) in [5, 5.41) is 2.89. The molecule has 1 aromatic carbocycles. The summed E-state index contributed by atoms with van der Waals surface area (Å²) >= 11 is 0. The van der Waals surface area contributed by atoms with Gasteiger partial charge in [0.2, 0.25) is 11.8 Å². The van der Waals surface area contributed by atoms with Crippen molar-refractivity contribution < 1.29 is 19.1 Å². The predicted octanol–water partition coefficient (Wildman–Crippen LogP) is 1.98. The Hall–Kier alpha value is -2.08. The Labute approximate surface area is 143 Å².